The van der Waals surface area contributed by atoms with Gasteiger partial charge in [-0.05, 0) is 38.1 Å². The lowest BCUT2D eigenvalue weighted by atomic mass is 10.1. The second-order valence-electron chi connectivity index (χ2n) is 5.53. The first-order chi connectivity index (χ1) is 9.49. The van der Waals surface area contributed by atoms with E-state index in [1.165, 1.54) is 0 Å². The van der Waals surface area contributed by atoms with Crippen molar-refractivity contribution < 1.29 is 5.11 Å². The summed E-state index contributed by atoms with van der Waals surface area (Å²) in [5.41, 5.74) is 1.59. The zero-order chi connectivity index (χ0) is 14.6. The summed E-state index contributed by atoms with van der Waals surface area (Å²) in [6.07, 6.45) is 2.31. The molecule has 2 aromatic heterocycles. The minimum Gasteiger partial charge on any atom is -0.396 e. The number of aliphatic hydroxyl groups excluding tert-OH is 1. The van der Waals surface area contributed by atoms with E-state index in [0.717, 1.165) is 11.4 Å². The smallest absolute Gasteiger partial charge is 0.193 e. The highest BCUT2D eigenvalue weighted by Gasteiger charge is 2.16. The van der Waals surface area contributed by atoms with E-state index in [0.29, 0.717) is 18.8 Å². The molecule has 0 unspecified atom stereocenters. The van der Waals surface area contributed by atoms with Crippen LogP contribution in [-0.4, -0.2) is 36.9 Å². The predicted octanol–water partition coefficient (Wildman–Crippen LogP) is 0.970. The third-order valence-corrected chi connectivity index (χ3v) is 2.70. The van der Waals surface area contributed by atoms with Crippen molar-refractivity contribution >= 4 is 5.69 Å². The molecule has 0 spiro atoms. The molecule has 7 nitrogen and oxygen atoms in total. The molecule has 0 saturated heterocycles. The Bertz CT molecular complexity index is 543. The Morgan fingerprint density at radius 1 is 1.30 bits per heavy atom. The van der Waals surface area contributed by atoms with Crippen molar-refractivity contribution in [3.8, 4) is 0 Å². The number of aromatic nitrogens is 5. The molecule has 0 fully saturated rings. The van der Waals surface area contributed by atoms with Crippen molar-refractivity contribution in [3.05, 3.63) is 29.8 Å². The van der Waals surface area contributed by atoms with Gasteiger partial charge in [-0.3, -0.25) is 4.98 Å². The van der Waals surface area contributed by atoms with Crippen LogP contribution in [0.15, 0.2) is 18.3 Å². The summed E-state index contributed by atoms with van der Waals surface area (Å²) in [7, 11) is 0. The highest BCUT2D eigenvalue weighted by molar-refractivity contribution is 5.40. The molecule has 7 heteroatoms. The van der Waals surface area contributed by atoms with Gasteiger partial charge in [-0.1, -0.05) is 0 Å². The molecule has 0 amide bonds. The molecule has 0 atom stereocenters. The Morgan fingerprint density at radius 2 is 2.10 bits per heavy atom. The lowest BCUT2D eigenvalue weighted by Gasteiger charge is -2.15. The molecule has 2 heterocycles. The summed E-state index contributed by atoms with van der Waals surface area (Å²) in [4.78, 5) is 5.84. The van der Waals surface area contributed by atoms with Gasteiger partial charge in [0, 0.05) is 18.7 Å². The largest absolute Gasteiger partial charge is 0.396 e. The van der Waals surface area contributed by atoms with Crippen LogP contribution in [0.1, 0.15) is 32.3 Å². The third kappa shape index (κ3) is 3.74. The van der Waals surface area contributed by atoms with Gasteiger partial charge in [0.15, 0.2) is 5.82 Å². The van der Waals surface area contributed by atoms with Crippen LogP contribution in [0.2, 0.25) is 0 Å². The van der Waals surface area contributed by atoms with Crippen LogP contribution in [0.4, 0.5) is 5.69 Å². The first-order valence-corrected chi connectivity index (χ1v) is 6.58. The molecule has 0 aliphatic carbocycles. The zero-order valence-electron chi connectivity index (χ0n) is 12.0. The van der Waals surface area contributed by atoms with E-state index in [2.05, 4.69) is 25.7 Å². The van der Waals surface area contributed by atoms with E-state index in [9.17, 15) is 0 Å². The number of pyridine rings is 1. The second kappa shape index (κ2) is 5.96. The molecule has 2 aromatic rings. The summed E-state index contributed by atoms with van der Waals surface area (Å²) in [6, 6.07) is 3.81. The van der Waals surface area contributed by atoms with Gasteiger partial charge < -0.3 is 10.4 Å². The standard InChI is InChI=1S/C13H20N6O/c1-13(2,3)19-17-12(16-18-19)9-15-11-5-4-10(6-7-20)14-8-11/h4-5,8,15,20H,6-7,9H2,1-3H3. The Labute approximate surface area is 118 Å². The van der Waals surface area contributed by atoms with E-state index >= 15 is 0 Å². The number of aliphatic hydroxyl groups is 1. The van der Waals surface area contributed by atoms with Gasteiger partial charge in [-0.25, -0.2) is 0 Å². The average Bonchev–Trinajstić information content (AvgIpc) is 2.87. The van der Waals surface area contributed by atoms with Crippen LogP contribution in [-0.2, 0) is 18.5 Å². The summed E-state index contributed by atoms with van der Waals surface area (Å²) in [5.74, 6) is 0.638. The molecule has 108 valence electrons. The van der Waals surface area contributed by atoms with Crippen LogP contribution < -0.4 is 5.32 Å². The number of hydrogen-bond donors (Lipinski definition) is 2. The quantitative estimate of drug-likeness (QED) is 0.846. The Morgan fingerprint density at radius 3 is 2.65 bits per heavy atom. The molecule has 0 saturated carbocycles. The topological polar surface area (TPSA) is 88.8 Å². The summed E-state index contributed by atoms with van der Waals surface area (Å²) in [6.45, 7) is 6.68. The predicted molar refractivity (Wildman–Crippen MR) is 75.2 cm³/mol. The van der Waals surface area contributed by atoms with E-state index < -0.39 is 0 Å². The zero-order valence-corrected chi connectivity index (χ0v) is 12.0. The fourth-order valence-corrected chi connectivity index (χ4v) is 1.57. The van der Waals surface area contributed by atoms with Gasteiger partial charge in [-0.15, -0.1) is 10.2 Å². The normalized spacial score (nSPS) is 11.6. The number of nitrogens with one attached hydrogen (secondary N) is 1. The maximum atomic E-state index is 8.83. The van der Waals surface area contributed by atoms with Gasteiger partial charge in [-0.2, -0.15) is 4.80 Å². The fraction of sp³-hybridized carbons (Fsp3) is 0.538. The van der Waals surface area contributed by atoms with Gasteiger partial charge in [0.1, 0.15) is 0 Å². The monoisotopic (exact) mass is 276 g/mol. The van der Waals surface area contributed by atoms with Gasteiger partial charge >= 0.3 is 0 Å². The van der Waals surface area contributed by atoms with Crippen LogP contribution in [0, 0.1) is 0 Å². The summed E-state index contributed by atoms with van der Waals surface area (Å²) in [5, 5.41) is 24.4. The van der Waals surface area contributed by atoms with Crippen molar-refractivity contribution in [1.29, 1.82) is 0 Å². The first-order valence-electron chi connectivity index (χ1n) is 6.58. The van der Waals surface area contributed by atoms with Crippen molar-refractivity contribution in [1.82, 2.24) is 25.2 Å². The average molecular weight is 276 g/mol. The fourth-order valence-electron chi connectivity index (χ4n) is 1.57. The lowest BCUT2D eigenvalue weighted by molar-refractivity contribution is 0.298. The van der Waals surface area contributed by atoms with Crippen LogP contribution >= 0.6 is 0 Å². The number of nitrogens with zero attached hydrogens (tertiary/aromatic N) is 5. The number of tetrazole rings is 1. The van der Waals surface area contributed by atoms with Crippen molar-refractivity contribution in [2.75, 3.05) is 11.9 Å². The van der Waals surface area contributed by atoms with Crippen LogP contribution in [0.5, 0.6) is 0 Å². The van der Waals surface area contributed by atoms with Crippen LogP contribution in [0.25, 0.3) is 0 Å². The van der Waals surface area contributed by atoms with Crippen LogP contribution in [0.3, 0.4) is 0 Å². The van der Waals surface area contributed by atoms with E-state index in [1.807, 2.05) is 32.9 Å². The maximum Gasteiger partial charge on any atom is 0.193 e. The minimum absolute atomic E-state index is 0.111. The van der Waals surface area contributed by atoms with Crippen molar-refractivity contribution in [2.24, 2.45) is 0 Å². The maximum absolute atomic E-state index is 8.83. The molecule has 0 aliphatic rings. The molecule has 0 aliphatic heterocycles. The van der Waals surface area contributed by atoms with Gasteiger partial charge in [0.2, 0.25) is 0 Å². The van der Waals surface area contributed by atoms with E-state index in [1.54, 1.807) is 11.0 Å². The lowest BCUT2D eigenvalue weighted by Crippen LogP contribution is -2.24. The number of rotatable bonds is 5. The highest BCUT2D eigenvalue weighted by Crippen LogP contribution is 2.10. The number of anilines is 1. The molecule has 2 rings (SSSR count). The minimum atomic E-state index is -0.168. The Hall–Kier alpha value is -2.02. The molecular weight excluding hydrogens is 256 g/mol. The number of hydrogen-bond acceptors (Lipinski definition) is 6. The SMILES string of the molecule is CC(C)(C)n1nnc(CNc2ccc(CCO)nc2)n1. The van der Waals surface area contributed by atoms with Gasteiger partial charge in [0.25, 0.3) is 0 Å². The molecule has 0 aromatic carbocycles. The van der Waals surface area contributed by atoms with Crippen molar-refractivity contribution in [2.45, 2.75) is 39.3 Å². The molecule has 0 radical (unpaired) electrons. The summed E-state index contributed by atoms with van der Waals surface area (Å²) < 4.78 is 0. The first kappa shape index (κ1) is 14.4. The van der Waals surface area contributed by atoms with E-state index in [-0.39, 0.29) is 12.1 Å². The second-order valence-corrected chi connectivity index (χ2v) is 5.53. The van der Waals surface area contributed by atoms with Gasteiger partial charge in [0.05, 0.1) is 24.0 Å². The molecule has 2 N–H and O–H groups in total. The summed E-state index contributed by atoms with van der Waals surface area (Å²) >= 11 is 0. The van der Waals surface area contributed by atoms with E-state index in [4.69, 9.17) is 5.11 Å². The highest BCUT2D eigenvalue weighted by atomic mass is 16.3. The Kier molecular flexibility index (Phi) is 4.29. The Balaban J connectivity index is 1.93. The van der Waals surface area contributed by atoms with Crippen molar-refractivity contribution in [3.63, 3.8) is 0 Å². The molecular formula is C13H20N6O. The third-order valence-electron chi connectivity index (χ3n) is 2.70. The molecule has 20 heavy (non-hydrogen) atoms. The molecule has 0 bridgehead atoms.